The molecule has 0 heterocycles. The molecule has 0 atom stereocenters. The largest absolute Gasteiger partial charge is 1.00 e. The second-order valence-electron chi connectivity index (χ2n) is 2.35. The Balaban J connectivity index is -0.0000000138. The Bertz CT molecular complexity index is 57.1. The van der Waals surface area contributed by atoms with Crippen LogP contribution in [0.4, 0.5) is 0 Å². The smallest absolute Gasteiger partial charge is 0.850 e. The summed E-state index contributed by atoms with van der Waals surface area (Å²) in [6.07, 6.45) is 0.750. The fourth-order valence-corrected chi connectivity index (χ4v) is 0. The summed E-state index contributed by atoms with van der Waals surface area (Å²) in [6.45, 7) is 10.3. The van der Waals surface area contributed by atoms with E-state index in [1.165, 1.54) is 6.92 Å². The minimum atomic E-state index is -0.750. The van der Waals surface area contributed by atoms with Gasteiger partial charge in [0, 0.05) is 1.43 Å². The third kappa shape index (κ3) is 740. The standard InChI is InChI=1S/C4H9O.C2H4O.C2H6.CH4.K.H2/c1-4(2,3)5;1-2-3;1-2;;;/h1-3H3;2H,1H3;1-2H3;1H4;;1H/q-1;;;;+1;. The van der Waals surface area contributed by atoms with Crippen LogP contribution in [0.5, 0.6) is 0 Å². The molecule has 0 aromatic heterocycles. The molecule has 0 saturated carbocycles. The van der Waals surface area contributed by atoms with Crippen molar-refractivity contribution in [2.24, 2.45) is 0 Å². The first-order valence-electron chi connectivity index (χ1n) is 3.52. The molecule has 2 nitrogen and oxygen atoms in total. The number of hydrogen-bond acceptors (Lipinski definition) is 2. The van der Waals surface area contributed by atoms with E-state index >= 15 is 0 Å². The zero-order chi connectivity index (χ0) is 9.21. The average Bonchev–Trinajstić information content (AvgIpc) is 1.68. The molecule has 74 valence electrons. The van der Waals surface area contributed by atoms with Crippen LogP contribution in [0.1, 0.15) is 50.4 Å². The summed E-state index contributed by atoms with van der Waals surface area (Å²) in [5, 5.41) is 10.1. The van der Waals surface area contributed by atoms with Gasteiger partial charge in [-0.15, -0.1) is 5.60 Å². The van der Waals surface area contributed by atoms with Crippen LogP contribution in [0.15, 0.2) is 0 Å². The molecule has 12 heavy (non-hydrogen) atoms. The Kier molecular flexibility index (Phi) is 55.5. The molecule has 0 aromatic rings. The van der Waals surface area contributed by atoms with Gasteiger partial charge in [0.15, 0.2) is 0 Å². The molecular formula is C9H25KO2. The van der Waals surface area contributed by atoms with Gasteiger partial charge in [-0.1, -0.05) is 42.0 Å². The molecule has 0 radical (unpaired) electrons. The van der Waals surface area contributed by atoms with E-state index in [0.29, 0.717) is 0 Å². The van der Waals surface area contributed by atoms with Crippen LogP contribution in [-0.2, 0) is 4.79 Å². The Morgan fingerprint density at radius 1 is 1.25 bits per heavy atom. The molecule has 0 aromatic carbocycles. The monoisotopic (exact) mass is 204 g/mol. The van der Waals surface area contributed by atoms with Gasteiger partial charge in [0.2, 0.25) is 0 Å². The van der Waals surface area contributed by atoms with Crippen LogP contribution in [0.2, 0.25) is 0 Å². The minimum absolute atomic E-state index is 0. The van der Waals surface area contributed by atoms with Crippen LogP contribution in [-0.4, -0.2) is 11.9 Å². The molecule has 0 rings (SSSR count). The van der Waals surface area contributed by atoms with Crippen molar-refractivity contribution in [2.75, 3.05) is 0 Å². The predicted octanol–water partition coefficient (Wildman–Crippen LogP) is -0.737. The van der Waals surface area contributed by atoms with E-state index in [4.69, 9.17) is 4.79 Å². The summed E-state index contributed by atoms with van der Waals surface area (Å²) in [6, 6.07) is 0. The maximum absolute atomic E-state index is 10.1. The van der Waals surface area contributed by atoms with Gasteiger partial charge in [-0.05, 0) is 6.92 Å². The van der Waals surface area contributed by atoms with Crippen molar-refractivity contribution in [3.8, 4) is 0 Å². The summed E-state index contributed by atoms with van der Waals surface area (Å²) < 4.78 is 0. The number of hydrogen-bond donors (Lipinski definition) is 0. The van der Waals surface area contributed by atoms with E-state index in [1.54, 1.807) is 20.8 Å². The molecule has 0 fully saturated rings. The Morgan fingerprint density at radius 2 is 1.25 bits per heavy atom. The second kappa shape index (κ2) is 22.8. The van der Waals surface area contributed by atoms with Gasteiger partial charge < -0.3 is 9.90 Å². The van der Waals surface area contributed by atoms with Crippen molar-refractivity contribution in [1.82, 2.24) is 0 Å². The topological polar surface area (TPSA) is 40.1 Å². The summed E-state index contributed by atoms with van der Waals surface area (Å²) in [7, 11) is 0. The van der Waals surface area contributed by atoms with Crippen molar-refractivity contribution < 1.29 is 62.7 Å². The quantitative estimate of drug-likeness (QED) is 0.385. The van der Waals surface area contributed by atoms with E-state index in [-0.39, 0.29) is 60.2 Å². The van der Waals surface area contributed by atoms with Crippen LogP contribution < -0.4 is 56.5 Å². The molecule has 0 aliphatic carbocycles. The van der Waals surface area contributed by atoms with Gasteiger partial charge in [-0.2, -0.15) is 0 Å². The first kappa shape index (κ1) is 29.2. The summed E-state index contributed by atoms with van der Waals surface area (Å²) in [5.41, 5.74) is -0.750. The summed E-state index contributed by atoms with van der Waals surface area (Å²) in [5.74, 6) is 0. The van der Waals surface area contributed by atoms with Crippen LogP contribution in [0.3, 0.4) is 0 Å². The van der Waals surface area contributed by atoms with Gasteiger partial charge in [0.05, 0.1) is 0 Å². The van der Waals surface area contributed by atoms with Gasteiger partial charge in [-0.25, -0.2) is 0 Å². The molecule has 0 N–H and O–H groups in total. The molecule has 3 heteroatoms. The van der Waals surface area contributed by atoms with Gasteiger partial charge in [0.25, 0.3) is 0 Å². The zero-order valence-corrected chi connectivity index (χ0v) is 12.0. The zero-order valence-electron chi connectivity index (χ0n) is 8.89. The van der Waals surface area contributed by atoms with E-state index in [9.17, 15) is 5.11 Å². The minimum Gasteiger partial charge on any atom is -0.850 e. The van der Waals surface area contributed by atoms with Crippen LogP contribution in [0.25, 0.3) is 0 Å². The molecule has 0 aliphatic rings. The van der Waals surface area contributed by atoms with Crippen molar-refractivity contribution in [2.45, 2.75) is 54.6 Å². The fraction of sp³-hybridized carbons (Fsp3) is 0.889. The van der Waals surface area contributed by atoms with Crippen molar-refractivity contribution in [3.63, 3.8) is 0 Å². The van der Waals surface area contributed by atoms with E-state index in [0.717, 1.165) is 6.29 Å². The van der Waals surface area contributed by atoms with Gasteiger partial charge in [-0.3, -0.25) is 0 Å². The maximum Gasteiger partial charge on any atom is 1.00 e. The predicted molar refractivity (Wildman–Crippen MR) is 51.7 cm³/mol. The number of rotatable bonds is 0. The third-order valence-electron chi connectivity index (χ3n) is 0. The van der Waals surface area contributed by atoms with E-state index < -0.39 is 5.60 Å². The molecule has 0 amide bonds. The van der Waals surface area contributed by atoms with E-state index in [2.05, 4.69) is 0 Å². The van der Waals surface area contributed by atoms with Crippen molar-refractivity contribution in [1.29, 1.82) is 0 Å². The van der Waals surface area contributed by atoms with Crippen molar-refractivity contribution >= 4 is 6.29 Å². The average molecular weight is 204 g/mol. The Hall–Kier alpha value is 1.27. The molecule has 0 bridgehead atoms. The fourth-order valence-electron chi connectivity index (χ4n) is 0. The Morgan fingerprint density at radius 3 is 1.25 bits per heavy atom. The molecule has 0 aliphatic heterocycles. The number of carbonyl (C=O) groups excluding carboxylic acids is 1. The SMILES string of the molecule is C.CC.CC(C)(C)[O-].CC=O.[HH].[K+]. The molecular weight excluding hydrogens is 179 g/mol. The molecule has 0 saturated heterocycles. The van der Waals surface area contributed by atoms with Gasteiger partial charge in [0.1, 0.15) is 6.29 Å². The number of aldehydes is 1. The summed E-state index contributed by atoms with van der Waals surface area (Å²) >= 11 is 0. The van der Waals surface area contributed by atoms with Crippen LogP contribution in [0, 0.1) is 0 Å². The Labute approximate surface area is 122 Å². The normalized spacial score (nSPS) is 6.58. The third-order valence-corrected chi connectivity index (χ3v) is 0. The molecule has 0 unspecified atom stereocenters. The maximum atomic E-state index is 10.1. The number of carbonyl (C=O) groups is 1. The first-order valence-corrected chi connectivity index (χ1v) is 3.52. The van der Waals surface area contributed by atoms with Gasteiger partial charge >= 0.3 is 51.4 Å². The second-order valence-corrected chi connectivity index (χ2v) is 2.35. The van der Waals surface area contributed by atoms with Crippen LogP contribution >= 0.6 is 0 Å². The van der Waals surface area contributed by atoms with E-state index in [1.807, 2.05) is 13.8 Å². The first-order chi connectivity index (χ1) is 4.41. The van der Waals surface area contributed by atoms with Crippen molar-refractivity contribution in [3.05, 3.63) is 0 Å². The summed E-state index contributed by atoms with van der Waals surface area (Å²) in [4.78, 5) is 8.81. The molecule has 0 spiro atoms.